The molecule has 0 bridgehead atoms. The van der Waals surface area contributed by atoms with Crippen LogP contribution in [0.3, 0.4) is 0 Å². The molecule has 3 N–H and O–H groups in total. The molecule has 0 aliphatic rings. The van der Waals surface area contributed by atoms with Gasteiger partial charge in [0.2, 0.25) is 0 Å². The van der Waals surface area contributed by atoms with Gasteiger partial charge in [-0.1, -0.05) is 5.16 Å². The third-order valence-electron chi connectivity index (χ3n) is 3.24. The number of benzene rings is 1. The van der Waals surface area contributed by atoms with Gasteiger partial charge in [-0.2, -0.15) is 0 Å². The molecule has 0 atom stereocenters. The zero-order chi connectivity index (χ0) is 15.2. The Morgan fingerprint density at radius 3 is 2.71 bits per heavy atom. The molecular formula is C15H17FN4O. The van der Waals surface area contributed by atoms with Crippen molar-refractivity contribution in [2.24, 2.45) is 10.9 Å². The summed E-state index contributed by atoms with van der Waals surface area (Å²) in [5.74, 6) is -0.539. The van der Waals surface area contributed by atoms with Crippen LogP contribution >= 0.6 is 0 Å². The lowest BCUT2D eigenvalue weighted by molar-refractivity contribution is 0.318. The number of rotatable bonds is 5. The largest absolute Gasteiger partial charge is 0.409 e. The van der Waals surface area contributed by atoms with Crippen molar-refractivity contribution in [1.29, 1.82) is 0 Å². The number of pyridine rings is 1. The number of nitrogens with two attached hydrogens (primary N) is 1. The van der Waals surface area contributed by atoms with Crippen molar-refractivity contribution in [3.8, 4) is 0 Å². The van der Waals surface area contributed by atoms with Crippen LogP contribution < -0.4 is 10.6 Å². The minimum Gasteiger partial charge on any atom is -0.409 e. The van der Waals surface area contributed by atoms with E-state index in [4.69, 9.17) is 10.9 Å². The SMILES string of the molecule is CN(CCc1ccncc1)c1ccc(F)cc1C(N)=NO. The van der Waals surface area contributed by atoms with E-state index in [1.807, 2.05) is 24.1 Å². The summed E-state index contributed by atoms with van der Waals surface area (Å²) < 4.78 is 13.3. The topological polar surface area (TPSA) is 74.7 Å². The second kappa shape index (κ2) is 6.69. The Balaban J connectivity index is 2.17. The molecule has 6 heteroatoms. The van der Waals surface area contributed by atoms with Crippen molar-refractivity contribution in [2.75, 3.05) is 18.5 Å². The summed E-state index contributed by atoms with van der Waals surface area (Å²) in [4.78, 5) is 5.91. The van der Waals surface area contributed by atoms with E-state index in [0.717, 1.165) is 12.0 Å². The molecule has 0 saturated heterocycles. The Morgan fingerprint density at radius 2 is 2.05 bits per heavy atom. The van der Waals surface area contributed by atoms with Crippen molar-refractivity contribution >= 4 is 11.5 Å². The third-order valence-corrected chi connectivity index (χ3v) is 3.24. The molecule has 1 heterocycles. The van der Waals surface area contributed by atoms with E-state index < -0.39 is 5.82 Å². The first-order valence-corrected chi connectivity index (χ1v) is 6.49. The van der Waals surface area contributed by atoms with E-state index in [1.165, 1.54) is 12.1 Å². The normalized spacial score (nSPS) is 11.4. The van der Waals surface area contributed by atoms with Crippen LogP contribution in [0, 0.1) is 5.82 Å². The predicted molar refractivity (Wildman–Crippen MR) is 80.1 cm³/mol. The van der Waals surface area contributed by atoms with E-state index in [0.29, 0.717) is 17.8 Å². The zero-order valence-electron chi connectivity index (χ0n) is 11.7. The molecule has 0 fully saturated rings. The molecule has 2 rings (SSSR count). The maximum absolute atomic E-state index is 13.3. The van der Waals surface area contributed by atoms with E-state index in [2.05, 4.69) is 10.1 Å². The fourth-order valence-corrected chi connectivity index (χ4v) is 2.07. The van der Waals surface area contributed by atoms with E-state index in [1.54, 1.807) is 18.5 Å². The molecule has 0 saturated carbocycles. The van der Waals surface area contributed by atoms with Gasteiger partial charge in [0.1, 0.15) is 5.82 Å². The first-order valence-electron chi connectivity index (χ1n) is 6.49. The summed E-state index contributed by atoms with van der Waals surface area (Å²) in [7, 11) is 1.88. The fourth-order valence-electron chi connectivity index (χ4n) is 2.07. The number of hydrogen-bond acceptors (Lipinski definition) is 4. The lowest BCUT2D eigenvalue weighted by atomic mass is 10.1. The van der Waals surface area contributed by atoms with Crippen LogP contribution in [0.2, 0.25) is 0 Å². The quantitative estimate of drug-likeness (QED) is 0.382. The highest BCUT2D eigenvalue weighted by molar-refractivity contribution is 6.02. The van der Waals surface area contributed by atoms with Crippen molar-refractivity contribution < 1.29 is 9.60 Å². The number of amidine groups is 1. The molecule has 2 aromatic rings. The van der Waals surface area contributed by atoms with Crippen molar-refractivity contribution in [3.05, 3.63) is 59.7 Å². The molecular weight excluding hydrogens is 271 g/mol. The second-order valence-electron chi connectivity index (χ2n) is 4.67. The summed E-state index contributed by atoms with van der Waals surface area (Å²) in [6.07, 6.45) is 4.30. The number of aromatic nitrogens is 1. The first-order chi connectivity index (χ1) is 10.1. The number of hydrogen-bond donors (Lipinski definition) is 2. The van der Waals surface area contributed by atoms with Gasteiger partial charge >= 0.3 is 0 Å². The smallest absolute Gasteiger partial charge is 0.172 e. The van der Waals surface area contributed by atoms with Gasteiger partial charge in [0, 0.05) is 37.2 Å². The molecule has 0 aliphatic carbocycles. The minimum atomic E-state index is -0.428. The Labute approximate surface area is 122 Å². The second-order valence-corrected chi connectivity index (χ2v) is 4.67. The number of likely N-dealkylation sites (N-methyl/N-ethyl adjacent to an activating group) is 1. The highest BCUT2D eigenvalue weighted by Gasteiger charge is 2.12. The number of oxime groups is 1. The van der Waals surface area contributed by atoms with Gasteiger partial charge in [-0.15, -0.1) is 0 Å². The predicted octanol–water partition coefficient (Wildman–Crippen LogP) is 1.99. The van der Waals surface area contributed by atoms with Crippen LogP contribution in [0.5, 0.6) is 0 Å². The van der Waals surface area contributed by atoms with Crippen LogP contribution in [0.1, 0.15) is 11.1 Å². The Morgan fingerprint density at radius 1 is 1.33 bits per heavy atom. The average molecular weight is 288 g/mol. The Bertz CT molecular complexity index is 631. The van der Waals surface area contributed by atoms with Gasteiger partial charge < -0.3 is 15.8 Å². The number of nitrogens with zero attached hydrogens (tertiary/aromatic N) is 3. The maximum atomic E-state index is 13.3. The fraction of sp³-hybridized carbons (Fsp3) is 0.200. The lowest BCUT2D eigenvalue weighted by Gasteiger charge is -2.22. The Kier molecular flexibility index (Phi) is 4.71. The van der Waals surface area contributed by atoms with E-state index in [-0.39, 0.29) is 5.84 Å². The molecule has 21 heavy (non-hydrogen) atoms. The molecule has 1 aromatic carbocycles. The summed E-state index contributed by atoms with van der Waals surface area (Å²) >= 11 is 0. The molecule has 0 radical (unpaired) electrons. The van der Waals surface area contributed by atoms with Crippen LogP contribution in [0.25, 0.3) is 0 Å². The summed E-state index contributed by atoms with van der Waals surface area (Å²) in [6, 6.07) is 8.13. The molecule has 0 unspecified atom stereocenters. The minimum absolute atomic E-state index is 0.111. The van der Waals surface area contributed by atoms with Crippen LogP contribution in [0.4, 0.5) is 10.1 Å². The Hall–Kier alpha value is -2.63. The third kappa shape index (κ3) is 3.68. The van der Waals surface area contributed by atoms with Gasteiger partial charge in [0.15, 0.2) is 5.84 Å². The summed E-state index contributed by atoms with van der Waals surface area (Å²) in [5.41, 5.74) is 7.84. The highest BCUT2D eigenvalue weighted by atomic mass is 19.1. The van der Waals surface area contributed by atoms with Gasteiger partial charge in [-0.25, -0.2) is 4.39 Å². The zero-order valence-corrected chi connectivity index (χ0v) is 11.7. The summed E-state index contributed by atoms with van der Waals surface area (Å²) in [5, 5.41) is 11.8. The van der Waals surface area contributed by atoms with E-state index in [9.17, 15) is 4.39 Å². The van der Waals surface area contributed by atoms with Gasteiger partial charge in [-0.3, -0.25) is 4.98 Å². The van der Waals surface area contributed by atoms with Gasteiger partial charge in [0.25, 0.3) is 0 Å². The monoisotopic (exact) mass is 288 g/mol. The number of anilines is 1. The average Bonchev–Trinajstić information content (AvgIpc) is 2.52. The van der Waals surface area contributed by atoms with E-state index >= 15 is 0 Å². The van der Waals surface area contributed by atoms with Crippen LogP contribution in [0.15, 0.2) is 47.9 Å². The molecule has 5 nitrogen and oxygen atoms in total. The molecule has 0 spiro atoms. The van der Waals surface area contributed by atoms with Crippen molar-refractivity contribution in [2.45, 2.75) is 6.42 Å². The molecule has 0 amide bonds. The molecule has 0 aliphatic heterocycles. The maximum Gasteiger partial charge on any atom is 0.172 e. The van der Waals surface area contributed by atoms with Gasteiger partial charge in [-0.05, 0) is 42.3 Å². The van der Waals surface area contributed by atoms with Crippen LogP contribution in [-0.2, 0) is 6.42 Å². The van der Waals surface area contributed by atoms with Crippen molar-refractivity contribution in [1.82, 2.24) is 4.98 Å². The van der Waals surface area contributed by atoms with Crippen molar-refractivity contribution in [3.63, 3.8) is 0 Å². The molecule has 1 aromatic heterocycles. The summed E-state index contributed by atoms with van der Waals surface area (Å²) in [6.45, 7) is 0.710. The standard InChI is InChI=1S/C15H17FN4O/c1-20(9-6-11-4-7-18-8-5-11)14-3-2-12(16)10-13(14)15(17)19-21/h2-5,7-8,10,21H,6,9H2,1H3,(H2,17,19). The van der Waals surface area contributed by atoms with Gasteiger partial charge in [0.05, 0.1) is 0 Å². The van der Waals surface area contributed by atoms with Crippen LogP contribution in [-0.4, -0.2) is 29.6 Å². The molecule has 110 valence electrons. The lowest BCUT2D eigenvalue weighted by Crippen LogP contribution is -2.25. The highest BCUT2D eigenvalue weighted by Crippen LogP contribution is 2.21. The first kappa shape index (κ1) is 14.8. The number of halogens is 1.